The molecule has 0 aromatic heterocycles. The van der Waals surface area contributed by atoms with Crippen LogP contribution in [0.2, 0.25) is 0 Å². The summed E-state index contributed by atoms with van der Waals surface area (Å²) in [5.74, 6) is -0.324. The van der Waals surface area contributed by atoms with Crippen LogP contribution in [0.3, 0.4) is 0 Å². The van der Waals surface area contributed by atoms with Gasteiger partial charge < -0.3 is 10.2 Å². The fourth-order valence-electron chi connectivity index (χ4n) is 4.19. The number of nitrogens with zero attached hydrogens (tertiary/aromatic N) is 1. The molecular formula is C31H37FN2O2. The number of nitrogens with one attached hydrogen (secondary N) is 1. The van der Waals surface area contributed by atoms with E-state index >= 15 is 0 Å². The van der Waals surface area contributed by atoms with Crippen LogP contribution in [0.15, 0.2) is 78.9 Å². The Balaban J connectivity index is 1.87. The SMILES string of the molecule is CCCNC(=O)C(Cc1ccccc1)N(Cc1ccccc1F)C(=O)CCc1ccc(C(C)C)cc1. The summed E-state index contributed by atoms with van der Waals surface area (Å²) in [5.41, 5.74) is 3.66. The number of halogens is 1. The molecule has 0 bridgehead atoms. The summed E-state index contributed by atoms with van der Waals surface area (Å²) < 4.78 is 14.6. The van der Waals surface area contributed by atoms with Gasteiger partial charge in [-0.2, -0.15) is 0 Å². The minimum atomic E-state index is -0.741. The van der Waals surface area contributed by atoms with E-state index in [1.165, 1.54) is 11.6 Å². The second-order valence-corrected chi connectivity index (χ2v) is 9.51. The Morgan fingerprint density at radius 1 is 0.889 bits per heavy atom. The largest absolute Gasteiger partial charge is 0.354 e. The van der Waals surface area contributed by atoms with Crippen LogP contribution in [0.25, 0.3) is 0 Å². The van der Waals surface area contributed by atoms with Crippen molar-refractivity contribution in [2.24, 2.45) is 0 Å². The quantitative estimate of drug-likeness (QED) is 0.337. The molecule has 0 radical (unpaired) electrons. The van der Waals surface area contributed by atoms with E-state index in [9.17, 15) is 14.0 Å². The summed E-state index contributed by atoms with van der Waals surface area (Å²) in [6.07, 6.45) is 1.94. The van der Waals surface area contributed by atoms with Gasteiger partial charge in [0.1, 0.15) is 11.9 Å². The first-order valence-corrected chi connectivity index (χ1v) is 12.8. The Bertz CT molecular complexity index is 1110. The maximum Gasteiger partial charge on any atom is 0.243 e. The normalized spacial score (nSPS) is 11.8. The molecule has 36 heavy (non-hydrogen) atoms. The van der Waals surface area contributed by atoms with Gasteiger partial charge in [0.05, 0.1) is 0 Å². The second-order valence-electron chi connectivity index (χ2n) is 9.51. The zero-order valence-corrected chi connectivity index (χ0v) is 21.5. The molecule has 0 aliphatic carbocycles. The van der Waals surface area contributed by atoms with Gasteiger partial charge >= 0.3 is 0 Å². The molecule has 3 aromatic carbocycles. The Morgan fingerprint density at radius 2 is 1.56 bits per heavy atom. The van der Waals surface area contributed by atoms with E-state index in [1.54, 1.807) is 23.1 Å². The molecule has 1 unspecified atom stereocenters. The van der Waals surface area contributed by atoms with Crippen LogP contribution in [0.1, 0.15) is 61.8 Å². The van der Waals surface area contributed by atoms with Crippen molar-refractivity contribution >= 4 is 11.8 Å². The van der Waals surface area contributed by atoms with Crippen molar-refractivity contribution in [3.05, 3.63) is 107 Å². The van der Waals surface area contributed by atoms with E-state index < -0.39 is 6.04 Å². The average molecular weight is 489 g/mol. The number of amides is 2. The summed E-state index contributed by atoms with van der Waals surface area (Å²) in [6, 6.07) is 23.6. The van der Waals surface area contributed by atoms with Crippen LogP contribution in [0.4, 0.5) is 4.39 Å². The maximum absolute atomic E-state index is 14.6. The van der Waals surface area contributed by atoms with Crippen molar-refractivity contribution in [1.82, 2.24) is 10.2 Å². The van der Waals surface area contributed by atoms with Crippen molar-refractivity contribution in [3.8, 4) is 0 Å². The van der Waals surface area contributed by atoms with E-state index in [2.05, 4.69) is 43.4 Å². The molecule has 0 aliphatic rings. The maximum atomic E-state index is 14.6. The number of aryl methyl sites for hydroxylation is 1. The van der Waals surface area contributed by atoms with Gasteiger partial charge in [0, 0.05) is 31.5 Å². The molecule has 1 atom stereocenters. The zero-order valence-electron chi connectivity index (χ0n) is 21.5. The van der Waals surface area contributed by atoms with Gasteiger partial charge in [-0.05, 0) is 41.5 Å². The second kappa shape index (κ2) is 13.6. The minimum absolute atomic E-state index is 0.0365. The standard InChI is InChI=1S/C31H37FN2O2/c1-4-20-33-31(36)29(21-25-10-6-5-7-11-25)34(22-27-12-8-9-13-28(27)32)30(35)19-16-24-14-17-26(18-15-24)23(2)3/h5-15,17-18,23,29H,4,16,19-22H2,1-3H3,(H,33,36). The number of rotatable bonds is 12. The lowest BCUT2D eigenvalue weighted by Gasteiger charge is -2.32. The van der Waals surface area contributed by atoms with Gasteiger partial charge in [-0.25, -0.2) is 4.39 Å². The van der Waals surface area contributed by atoms with Gasteiger partial charge in [0.2, 0.25) is 11.8 Å². The summed E-state index contributed by atoms with van der Waals surface area (Å²) >= 11 is 0. The molecule has 3 rings (SSSR count). The highest BCUT2D eigenvalue weighted by atomic mass is 19.1. The van der Waals surface area contributed by atoms with Crippen molar-refractivity contribution < 1.29 is 14.0 Å². The van der Waals surface area contributed by atoms with Gasteiger partial charge in [0.15, 0.2) is 0 Å². The highest BCUT2D eigenvalue weighted by Crippen LogP contribution is 2.20. The Kier molecular flexibility index (Phi) is 10.2. The zero-order chi connectivity index (χ0) is 25.9. The van der Waals surface area contributed by atoms with Crippen molar-refractivity contribution in [2.75, 3.05) is 6.54 Å². The molecular weight excluding hydrogens is 451 g/mol. The molecule has 4 nitrogen and oxygen atoms in total. The fourth-order valence-corrected chi connectivity index (χ4v) is 4.19. The third kappa shape index (κ3) is 7.77. The van der Waals surface area contributed by atoms with E-state index in [4.69, 9.17) is 0 Å². The van der Waals surface area contributed by atoms with Crippen LogP contribution in [-0.4, -0.2) is 29.3 Å². The minimum Gasteiger partial charge on any atom is -0.354 e. The monoisotopic (exact) mass is 488 g/mol. The van der Waals surface area contributed by atoms with E-state index in [1.807, 2.05) is 37.3 Å². The van der Waals surface area contributed by atoms with E-state index in [0.29, 0.717) is 30.9 Å². The number of carbonyl (C=O) groups excluding carboxylic acids is 2. The molecule has 0 saturated heterocycles. The smallest absolute Gasteiger partial charge is 0.243 e. The highest BCUT2D eigenvalue weighted by Gasteiger charge is 2.30. The summed E-state index contributed by atoms with van der Waals surface area (Å²) in [4.78, 5) is 28.5. The lowest BCUT2D eigenvalue weighted by atomic mass is 9.99. The molecule has 0 heterocycles. The first kappa shape index (κ1) is 27.1. The summed E-state index contributed by atoms with van der Waals surface area (Å²) in [7, 11) is 0. The van der Waals surface area contributed by atoms with Crippen LogP contribution in [-0.2, 0) is 29.0 Å². The van der Waals surface area contributed by atoms with Crippen LogP contribution in [0, 0.1) is 5.82 Å². The predicted octanol–water partition coefficient (Wildman–Crippen LogP) is 6.05. The van der Waals surface area contributed by atoms with E-state index in [0.717, 1.165) is 17.5 Å². The van der Waals surface area contributed by atoms with Gasteiger partial charge in [-0.15, -0.1) is 0 Å². The Labute approximate surface area is 214 Å². The van der Waals surface area contributed by atoms with Crippen molar-refractivity contribution in [2.45, 2.75) is 65.0 Å². The highest BCUT2D eigenvalue weighted by molar-refractivity contribution is 5.88. The van der Waals surface area contributed by atoms with Gasteiger partial charge in [0.25, 0.3) is 0 Å². The third-order valence-electron chi connectivity index (χ3n) is 6.39. The molecule has 0 saturated carbocycles. The Hall–Kier alpha value is -3.47. The molecule has 1 N–H and O–H groups in total. The molecule has 2 amide bonds. The third-order valence-corrected chi connectivity index (χ3v) is 6.39. The molecule has 5 heteroatoms. The number of carbonyl (C=O) groups is 2. The predicted molar refractivity (Wildman–Crippen MR) is 143 cm³/mol. The molecule has 0 aliphatic heterocycles. The number of benzene rings is 3. The van der Waals surface area contributed by atoms with Crippen LogP contribution >= 0.6 is 0 Å². The van der Waals surface area contributed by atoms with Crippen molar-refractivity contribution in [3.63, 3.8) is 0 Å². The molecule has 190 valence electrons. The molecule has 0 fully saturated rings. The Morgan fingerprint density at radius 3 is 2.19 bits per heavy atom. The van der Waals surface area contributed by atoms with Crippen LogP contribution in [0.5, 0.6) is 0 Å². The topological polar surface area (TPSA) is 49.4 Å². The fraction of sp³-hybridized carbons (Fsp3) is 0.355. The van der Waals surface area contributed by atoms with Gasteiger partial charge in [-0.3, -0.25) is 9.59 Å². The number of hydrogen-bond donors (Lipinski definition) is 1. The number of hydrogen-bond acceptors (Lipinski definition) is 2. The van der Waals surface area contributed by atoms with Gasteiger partial charge in [-0.1, -0.05) is 93.6 Å². The molecule has 0 spiro atoms. The first-order chi connectivity index (χ1) is 17.4. The summed E-state index contributed by atoms with van der Waals surface area (Å²) in [6.45, 7) is 6.84. The first-order valence-electron chi connectivity index (χ1n) is 12.8. The van der Waals surface area contributed by atoms with Crippen molar-refractivity contribution in [1.29, 1.82) is 0 Å². The summed E-state index contributed by atoms with van der Waals surface area (Å²) in [5, 5.41) is 2.95. The molecule has 3 aromatic rings. The lowest BCUT2D eigenvalue weighted by molar-refractivity contribution is -0.141. The lowest BCUT2D eigenvalue weighted by Crippen LogP contribution is -2.50. The van der Waals surface area contributed by atoms with Crippen LogP contribution < -0.4 is 5.32 Å². The average Bonchev–Trinajstić information content (AvgIpc) is 2.89. The van der Waals surface area contributed by atoms with E-state index in [-0.39, 0.29) is 30.6 Å².